The Bertz CT molecular complexity index is 359. The molecule has 1 heterocycles. The van der Waals surface area contributed by atoms with E-state index in [0.29, 0.717) is 0 Å². The van der Waals surface area contributed by atoms with Gasteiger partial charge in [-0.25, -0.2) is 0 Å². The van der Waals surface area contributed by atoms with Crippen LogP contribution in [0.4, 0.5) is 5.69 Å². The summed E-state index contributed by atoms with van der Waals surface area (Å²) in [7, 11) is 0. The monoisotopic (exact) mass is 218 g/mol. The first kappa shape index (κ1) is 11.0. The molecule has 0 radical (unpaired) electrons. The van der Waals surface area contributed by atoms with Crippen molar-refractivity contribution in [3.05, 3.63) is 29.8 Å². The number of rotatable bonds is 2. The smallest absolute Gasteiger partial charge is 0.242 e. The van der Waals surface area contributed by atoms with Crippen molar-refractivity contribution in [2.75, 3.05) is 11.9 Å². The van der Waals surface area contributed by atoms with Crippen molar-refractivity contribution in [1.29, 1.82) is 0 Å². The van der Waals surface area contributed by atoms with Crippen molar-refractivity contribution in [1.82, 2.24) is 5.32 Å². The van der Waals surface area contributed by atoms with Crippen LogP contribution in [0.15, 0.2) is 24.3 Å². The molecule has 1 fully saturated rings. The molecule has 3 heteroatoms. The molecular weight excluding hydrogens is 200 g/mol. The molecular formula is C13H18N2O. The van der Waals surface area contributed by atoms with Crippen molar-refractivity contribution < 1.29 is 4.79 Å². The second-order valence-corrected chi connectivity index (χ2v) is 4.35. The van der Waals surface area contributed by atoms with E-state index in [9.17, 15) is 4.79 Å². The van der Waals surface area contributed by atoms with Crippen LogP contribution in [0.25, 0.3) is 0 Å². The molecule has 1 aromatic carbocycles. The van der Waals surface area contributed by atoms with Gasteiger partial charge in [-0.2, -0.15) is 0 Å². The number of amides is 1. The average Bonchev–Trinajstić information content (AvgIpc) is 2.48. The Kier molecular flexibility index (Phi) is 3.44. The normalized spacial score (nSPS) is 21.1. The molecule has 1 atom stereocenters. The van der Waals surface area contributed by atoms with Crippen LogP contribution in [-0.4, -0.2) is 18.5 Å². The number of benzene rings is 1. The standard InChI is InChI=1S/C13H18N2O/c1-10-5-7-11(8-6-10)15-12-4-2-3-9-14-13(12)16/h5-8,12,15H,2-4,9H2,1H3,(H,14,16). The van der Waals surface area contributed by atoms with Crippen molar-refractivity contribution >= 4 is 11.6 Å². The molecule has 1 aliphatic rings. The molecule has 2 rings (SSSR count). The number of carbonyl (C=O) groups is 1. The molecule has 1 aromatic rings. The van der Waals surface area contributed by atoms with E-state index in [1.807, 2.05) is 12.1 Å². The maximum atomic E-state index is 11.7. The lowest BCUT2D eigenvalue weighted by atomic mass is 10.1. The topological polar surface area (TPSA) is 41.1 Å². The van der Waals surface area contributed by atoms with E-state index in [-0.39, 0.29) is 11.9 Å². The van der Waals surface area contributed by atoms with Crippen LogP contribution in [0.2, 0.25) is 0 Å². The summed E-state index contributed by atoms with van der Waals surface area (Å²) in [5.41, 5.74) is 2.25. The lowest BCUT2D eigenvalue weighted by molar-refractivity contribution is -0.121. The van der Waals surface area contributed by atoms with Crippen LogP contribution >= 0.6 is 0 Å². The van der Waals surface area contributed by atoms with Crippen LogP contribution in [0.5, 0.6) is 0 Å². The fraction of sp³-hybridized carbons (Fsp3) is 0.462. The maximum Gasteiger partial charge on any atom is 0.242 e. The van der Waals surface area contributed by atoms with Gasteiger partial charge in [0.05, 0.1) is 0 Å². The molecule has 1 unspecified atom stereocenters. The lowest BCUT2D eigenvalue weighted by Gasteiger charge is -2.16. The van der Waals surface area contributed by atoms with Gasteiger partial charge in [-0.1, -0.05) is 17.7 Å². The molecule has 0 aromatic heterocycles. The molecule has 0 saturated carbocycles. The maximum absolute atomic E-state index is 11.7. The van der Waals surface area contributed by atoms with Crippen LogP contribution in [0.1, 0.15) is 24.8 Å². The number of hydrogen-bond acceptors (Lipinski definition) is 2. The van der Waals surface area contributed by atoms with Crippen molar-refractivity contribution in [2.24, 2.45) is 0 Å². The third kappa shape index (κ3) is 2.75. The number of aryl methyl sites for hydroxylation is 1. The summed E-state index contributed by atoms with van der Waals surface area (Å²) in [6, 6.07) is 8.07. The first-order chi connectivity index (χ1) is 7.75. The lowest BCUT2D eigenvalue weighted by Crippen LogP contribution is -2.37. The van der Waals surface area contributed by atoms with Crippen LogP contribution in [0, 0.1) is 6.92 Å². The largest absolute Gasteiger partial charge is 0.374 e. The molecule has 3 nitrogen and oxygen atoms in total. The van der Waals surface area contributed by atoms with Gasteiger partial charge < -0.3 is 10.6 Å². The fourth-order valence-corrected chi connectivity index (χ4v) is 1.93. The molecule has 2 N–H and O–H groups in total. The molecule has 86 valence electrons. The number of anilines is 1. The van der Waals surface area contributed by atoms with Gasteiger partial charge in [0, 0.05) is 12.2 Å². The van der Waals surface area contributed by atoms with Crippen LogP contribution in [-0.2, 0) is 4.79 Å². The van der Waals surface area contributed by atoms with E-state index < -0.39 is 0 Å². The van der Waals surface area contributed by atoms with Gasteiger partial charge in [0.2, 0.25) is 5.91 Å². The number of carbonyl (C=O) groups excluding carboxylic acids is 1. The highest BCUT2D eigenvalue weighted by molar-refractivity contribution is 5.84. The summed E-state index contributed by atoms with van der Waals surface area (Å²) >= 11 is 0. The van der Waals surface area contributed by atoms with Gasteiger partial charge in [-0.05, 0) is 38.3 Å². The minimum atomic E-state index is -0.0785. The highest BCUT2D eigenvalue weighted by Gasteiger charge is 2.19. The molecule has 0 spiro atoms. The molecule has 1 saturated heterocycles. The summed E-state index contributed by atoms with van der Waals surface area (Å²) in [6.45, 7) is 2.87. The Morgan fingerprint density at radius 2 is 2.00 bits per heavy atom. The summed E-state index contributed by atoms with van der Waals surface area (Å²) in [4.78, 5) is 11.7. The van der Waals surface area contributed by atoms with E-state index >= 15 is 0 Å². The van der Waals surface area contributed by atoms with Gasteiger partial charge in [0.15, 0.2) is 0 Å². The Labute approximate surface area is 96.2 Å². The van der Waals surface area contributed by atoms with E-state index in [4.69, 9.17) is 0 Å². The Morgan fingerprint density at radius 3 is 2.75 bits per heavy atom. The highest BCUT2D eigenvalue weighted by atomic mass is 16.2. The van der Waals surface area contributed by atoms with Crippen molar-refractivity contribution in [2.45, 2.75) is 32.2 Å². The minimum absolute atomic E-state index is 0.0785. The van der Waals surface area contributed by atoms with Gasteiger partial charge in [0.1, 0.15) is 6.04 Å². The zero-order chi connectivity index (χ0) is 11.4. The number of nitrogens with one attached hydrogen (secondary N) is 2. The highest BCUT2D eigenvalue weighted by Crippen LogP contribution is 2.14. The second-order valence-electron chi connectivity index (χ2n) is 4.35. The van der Waals surface area contributed by atoms with Gasteiger partial charge in [-0.3, -0.25) is 4.79 Å². The van der Waals surface area contributed by atoms with Crippen LogP contribution in [0.3, 0.4) is 0 Å². The van der Waals surface area contributed by atoms with E-state index in [1.165, 1.54) is 5.56 Å². The van der Waals surface area contributed by atoms with Gasteiger partial charge >= 0.3 is 0 Å². The quantitative estimate of drug-likeness (QED) is 0.798. The molecule has 0 bridgehead atoms. The zero-order valence-corrected chi connectivity index (χ0v) is 9.62. The fourth-order valence-electron chi connectivity index (χ4n) is 1.93. The average molecular weight is 218 g/mol. The van der Waals surface area contributed by atoms with E-state index in [2.05, 4.69) is 29.7 Å². The van der Waals surface area contributed by atoms with Gasteiger partial charge in [0.25, 0.3) is 0 Å². The Hall–Kier alpha value is -1.51. The molecule has 16 heavy (non-hydrogen) atoms. The minimum Gasteiger partial charge on any atom is -0.374 e. The Balaban J connectivity index is 2.02. The SMILES string of the molecule is Cc1ccc(NC2CCCCNC2=O)cc1. The number of hydrogen-bond donors (Lipinski definition) is 2. The first-order valence-electron chi connectivity index (χ1n) is 5.86. The summed E-state index contributed by atoms with van der Waals surface area (Å²) in [5, 5.41) is 6.21. The molecule has 1 amide bonds. The van der Waals surface area contributed by atoms with Crippen LogP contribution < -0.4 is 10.6 Å². The van der Waals surface area contributed by atoms with E-state index in [1.54, 1.807) is 0 Å². The van der Waals surface area contributed by atoms with Crippen molar-refractivity contribution in [3.63, 3.8) is 0 Å². The summed E-state index contributed by atoms with van der Waals surface area (Å²) < 4.78 is 0. The van der Waals surface area contributed by atoms with Gasteiger partial charge in [-0.15, -0.1) is 0 Å². The predicted molar refractivity (Wildman–Crippen MR) is 65.5 cm³/mol. The summed E-state index contributed by atoms with van der Waals surface area (Å²) in [5.74, 6) is 0.123. The third-order valence-corrected chi connectivity index (χ3v) is 2.93. The summed E-state index contributed by atoms with van der Waals surface area (Å²) in [6.07, 6.45) is 3.10. The molecule has 1 aliphatic heterocycles. The van der Waals surface area contributed by atoms with Crippen molar-refractivity contribution in [3.8, 4) is 0 Å². The zero-order valence-electron chi connectivity index (χ0n) is 9.62. The molecule has 0 aliphatic carbocycles. The first-order valence-corrected chi connectivity index (χ1v) is 5.86. The third-order valence-electron chi connectivity index (χ3n) is 2.93. The second kappa shape index (κ2) is 5.01. The predicted octanol–water partition coefficient (Wildman–Crippen LogP) is 2.08. The van der Waals surface area contributed by atoms with E-state index in [0.717, 1.165) is 31.5 Å². The Morgan fingerprint density at radius 1 is 1.25 bits per heavy atom.